The fourth-order valence-electron chi connectivity index (χ4n) is 5.88. The van der Waals surface area contributed by atoms with E-state index in [1.807, 2.05) is 0 Å². The topological polar surface area (TPSA) is 311 Å². The highest BCUT2D eigenvalue weighted by molar-refractivity contribution is 5.88. The molecule has 2 aliphatic heterocycles. The van der Waals surface area contributed by atoms with Gasteiger partial charge in [-0.15, -0.1) is 0 Å². The molecule has 2 saturated heterocycles. The summed E-state index contributed by atoms with van der Waals surface area (Å²) in [6.45, 7) is -1.32. The lowest BCUT2D eigenvalue weighted by Crippen LogP contribution is -2.62. The Hall–Kier alpha value is -4.77. The molecule has 1 aromatic heterocycles. The van der Waals surface area contributed by atoms with E-state index in [-0.39, 0.29) is 34.2 Å². The fraction of sp³-hybridized carbons (Fsp3) is 0.500. The number of phenols is 2. The number of hydrogen-bond acceptors (Lipinski definition) is 19. The molecular weight excluding hydrogens is 728 g/mol. The third kappa shape index (κ3) is 8.31. The normalized spacial score (nSPS) is 28.0. The van der Waals surface area contributed by atoms with Gasteiger partial charge in [0.05, 0.1) is 45.9 Å². The summed E-state index contributed by atoms with van der Waals surface area (Å²) >= 11 is 0. The lowest BCUT2D eigenvalue weighted by atomic mass is 9.97. The van der Waals surface area contributed by atoms with Gasteiger partial charge in [0.1, 0.15) is 59.1 Å². The summed E-state index contributed by atoms with van der Waals surface area (Å²) in [7, 11) is 2.57. The molecule has 296 valence electrons. The van der Waals surface area contributed by atoms with Crippen molar-refractivity contribution in [3.8, 4) is 40.1 Å². The second kappa shape index (κ2) is 15.9. The van der Waals surface area contributed by atoms with Gasteiger partial charge in [0, 0.05) is 17.7 Å². The van der Waals surface area contributed by atoms with Gasteiger partial charge >= 0.3 is 11.9 Å². The number of aliphatic hydroxyl groups is 6. The summed E-state index contributed by atoms with van der Waals surface area (Å²) in [6.07, 6.45) is -14.8. The number of rotatable bonds is 14. The van der Waals surface area contributed by atoms with Crippen LogP contribution in [0.1, 0.15) is 19.8 Å². The molecule has 0 unspecified atom stereocenters. The molecule has 0 amide bonds. The number of aromatic hydroxyl groups is 2. The number of methoxy groups -OCH3 is 2. The predicted octanol–water partition coefficient (Wildman–Crippen LogP) is -1.30. The van der Waals surface area contributed by atoms with E-state index in [2.05, 4.69) is 0 Å². The molecular formula is C34H40O20. The van der Waals surface area contributed by atoms with Crippen molar-refractivity contribution in [2.75, 3.05) is 34.0 Å². The van der Waals surface area contributed by atoms with Crippen LogP contribution in [-0.2, 0) is 28.5 Å². The molecule has 0 saturated carbocycles. The zero-order valence-electron chi connectivity index (χ0n) is 29.0. The van der Waals surface area contributed by atoms with E-state index in [1.165, 1.54) is 38.5 Å². The fourth-order valence-corrected chi connectivity index (χ4v) is 5.88. The predicted molar refractivity (Wildman–Crippen MR) is 177 cm³/mol. The molecule has 2 aromatic carbocycles. The highest BCUT2D eigenvalue weighted by Gasteiger charge is 2.54. The first-order valence-corrected chi connectivity index (χ1v) is 16.2. The van der Waals surface area contributed by atoms with E-state index in [0.29, 0.717) is 0 Å². The largest absolute Gasteiger partial charge is 0.507 e. The molecule has 2 aliphatic rings. The smallest absolute Gasteiger partial charge is 0.308 e. The first-order valence-electron chi connectivity index (χ1n) is 16.2. The van der Waals surface area contributed by atoms with Gasteiger partial charge in [-0.1, -0.05) is 0 Å². The molecule has 0 aliphatic carbocycles. The van der Waals surface area contributed by atoms with E-state index >= 15 is 0 Å². The van der Waals surface area contributed by atoms with Crippen LogP contribution >= 0.6 is 0 Å². The first kappa shape index (κ1) is 40.4. The van der Waals surface area contributed by atoms with Crippen molar-refractivity contribution < 1.29 is 93.1 Å². The number of carbonyl (C=O) groups excluding carboxylic acids is 1. The first-order chi connectivity index (χ1) is 25.4. The van der Waals surface area contributed by atoms with Crippen molar-refractivity contribution in [1.82, 2.24) is 0 Å². The summed E-state index contributed by atoms with van der Waals surface area (Å²) in [5.41, 5.74) is -5.34. The number of aliphatic hydroxyl groups excluding tert-OH is 4. The molecule has 0 bridgehead atoms. The lowest BCUT2D eigenvalue weighted by molar-refractivity contribution is -0.319. The van der Waals surface area contributed by atoms with Crippen molar-refractivity contribution >= 4 is 22.9 Å². The molecule has 3 heterocycles. The third-order valence-electron chi connectivity index (χ3n) is 8.80. The molecule has 5 rings (SSSR count). The minimum Gasteiger partial charge on any atom is -0.507 e. The Morgan fingerprint density at radius 3 is 2.35 bits per heavy atom. The SMILES string of the molecule is COc1cc(O)c2c(=O)c(O[C@@H]3O[C@H](COC(=O)C[C@@](C)(O)CC(=O)O)[C@@H](O)[C@H](O)[C@H]3O[C@@H]3OC[C@](O)(CO)[C@H]3O)c(-c3ccc(O)c(OC)c3)oc2c1. The van der Waals surface area contributed by atoms with Crippen LogP contribution in [0.5, 0.6) is 28.7 Å². The van der Waals surface area contributed by atoms with Gasteiger partial charge in [0.15, 0.2) is 29.7 Å². The zero-order chi connectivity index (χ0) is 39.7. The van der Waals surface area contributed by atoms with Gasteiger partial charge in [0.25, 0.3) is 0 Å². The Balaban J connectivity index is 1.57. The third-order valence-corrected chi connectivity index (χ3v) is 8.80. The highest BCUT2D eigenvalue weighted by atomic mass is 16.8. The average molecular weight is 769 g/mol. The van der Waals surface area contributed by atoms with Crippen LogP contribution in [-0.4, -0.2) is 146 Å². The molecule has 20 nitrogen and oxygen atoms in total. The lowest BCUT2D eigenvalue weighted by Gasteiger charge is -2.42. The van der Waals surface area contributed by atoms with E-state index in [4.69, 9.17) is 42.7 Å². The van der Waals surface area contributed by atoms with E-state index in [0.717, 1.165) is 13.0 Å². The maximum Gasteiger partial charge on any atom is 0.308 e. The van der Waals surface area contributed by atoms with Crippen LogP contribution in [0.4, 0.5) is 0 Å². The van der Waals surface area contributed by atoms with Gasteiger partial charge in [-0.25, -0.2) is 0 Å². The van der Waals surface area contributed by atoms with Gasteiger partial charge in [-0.3, -0.25) is 14.4 Å². The summed E-state index contributed by atoms with van der Waals surface area (Å²) in [5.74, 6) is -4.39. The molecule has 9 N–H and O–H groups in total. The molecule has 0 spiro atoms. The Labute approximate surface area is 304 Å². The molecule has 3 aromatic rings. The van der Waals surface area contributed by atoms with Crippen molar-refractivity contribution in [1.29, 1.82) is 0 Å². The van der Waals surface area contributed by atoms with E-state index in [1.54, 1.807) is 0 Å². The monoisotopic (exact) mass is 768 g/mol. The maximum atomic E-state index is 14.2. The van der Waals surface area contributed by atoms with Crippen LogP contribution in [0, 0.1) is 0 Å². The molecule has 54 heavy (non-hydrogen) atoms. The number of hydrogen-bond donors (Lipinski definition) is 9. The van der Waals surface area contributed by atoms with E-state index < -0.39 is 121 Å². The van der Waals surface area contributed by atoms with Crippen molar-refractivity contribution in [2.24, 2.45) is 0 Å². The second-order valence-corrected chi connectivity index (χ2v) is 13.1. The van der Waals surface area contributed by atoms with Gasteiger partial charge < -0.3 is 83.5 Å². The zero-order valence-corrected chi connectivity index (χ0v) is 29.0. The molecule has 20 heteroatoms. The van der Waals surface area contributed by atoms with Crippen molar-refractivity contribution in [3.63, 3.8) is 0 Å². The standard InChI is InChI=1S/C34H40O20/c1-33(45,9-21(38)39)10-22(40)49-11-20-24(41)26(43)29(54-32-30(44)34(46,12-35)13-50-32)31(52-20)53-28-25(42)23-17(37)7-15(47-2)8-19(23)51-27(28)14-4-5-16(36)18(6-14)48-3/h4-8,20,24,26,29-32,35-37,41,43-46H,9-13H2,1-3H3,(H,38,39)/t20-,24-,26+,29-,30+,31+,32+,33+,34-/m1/s1. The Morgan fingerprint density at radius 2 is 1.72 bits per heavy atom. The summed E-state index contributed by atoms with van der Waals surface area (Å²) < 4.78 is 44.5. The maximum absolute atomic E-state index is 14.2. The second-order valence-electron chi connectivity index (χ2n) is 13.1. The van der Waals surface area contributed by atoms with Crippen LogP contribution < -0.4 is 19.6 Å². The number of phenolic OH excluding ortho intramolecular Hbond substituents is 2. The Bertz CT molecular complexity index is 1910. The minimum absolute atomic E-state index is 0.0590. The quantitative estimate of drug-likeness (QED) is 0.0861. The van der Waals surface area contributed by atoms with Gasteiger partial charge in [0.2, 0.25) is 17.5 Å². The van der Waals surface area contributed by atoms with Crippen LogP contribution in [0.25, 0.3) is 22.3 Å². The number of fused-ring (bicyclic) bond motifs is 1. The van der Waals surface area contributed by atoms with E-state index in [9.17, 15) is 55.2 Å². The molecule has 2 fully saturated rings. The number of ether oxygens (including phenoxy) is 7. The summed E-state index contributed by atoms with van der Waals surface area (Å²) in [6, 6.07) is 6.23. The van der Waals surface area contributed by atoms with Gasteiger partial charge in [-0.05, 0) is 25.1 Å². The van der Waals surface area contributed by atoms with Crippen molar-refractivity contribution in [2.45, 2.75) is 74.1 Å². The number of carboxylic acids is 1. The summed E-state index contributed by atoms with van der Waals surface area (Å²) in [4.78, 5) is 37.8. The molecule has 0 radical (unpaired) electrons. The van der Waals surface area contributed by atoms with Crippen LogP contribution in [0.15, 0.2) is 39.5 Å². The summed E-state index contributed by atoms with van der Waals surface area (Å²) in [5, 5.41) is 93.1. The van der Waals surface area contributed by atoms with Crippen molar-refractivity contribution in [3.05, 3.63) is 40.6 Å². The number of carbonyl (C=O) groups is 2. The minimum atomic E-state index is -2.19. The highest BCUT2D eigenvalue weighted by Crippen LogP contribution is 2.40. The number of carboxylic acid groups (broad SMARTS) is 1. The Morgan fingerprint density at radius 1 is 1.00 bits per heavy atom. The number of aliphatic carboxylic acids is 1. The van der Waals surface area contributed by atoms with Crippen LogP contribution in [0.3, 0.4) is 0 Å². The average Bonchev–Trinajstić information content (AvgIpc) is 3.39. The molecule has 9 atom stereocenters. The Kier molecular flexibility index (Phi) is 11.9. The number of benzene rings is 2. The van der Waals surface area contributed by atoms with Crippen LogP contribution in [0.2, 0.25) is 0 Å². The number of esters is 1. The van der Waals surface area contributed by atoms with Gasteiger partial charge in [-0.2, -0.15) is 0 Å².